The van der Waals surface area contributed by atoms with Crippen LogP contribution in [0.2, 0.25) is 0 Å². The zero-order chi connectivity index (χ0) is 15.8. The van der Waals surface area contributed by atoms with Crippen LogP contribution in [0.1, 0.15) is 64.7 Å². The molecule has 0 aromatic heterocycles. The molecule has 2 nitrogen and oxygen atoms in total. The molecule has 4 saturated carbocycles. The number of ketones is 1. The fraction of sp³-hybridized carbons (Fsp3) is 0.857. The third-order valence-corrected chi connectivity index (χ3v) is 9.13. The minimum atomic E-state index is -0.0502. The molecule has 2 heteroatoms. The highest BCUT2D eigenvalue weighted by Crippen LogP contribution is 2.69. The molecule has 23 heavy (non-hydrogen) atoms. The van der Waals surface area contributed by atoms with E-state index >= 15 is 0 Å². The van der Waals surface area contributed by atoms with Gasteiger partial charge < -0.3 is 5.11 Å². The zero-order valence-electron chi connectivity index (χ0n) is 14.3. The van der Waals surface area contributed by atoms with E-state index in [4.69, 9.17) is 0 Å². The van der Waals surface area contributed by atoms with Gasteiger partial charge in [-0.1, -0.05) is 13.0 Å². The SMILES string of the molecule is C[C@]12CC[C@@H](O)C[C@@H]1CCC1C3CC[C@@H]4C(=O)C=C[C@]34CCC12. The van der Waals surface area contributed by atoms with Gasteiger partial charge >= 0.3 is 0 Å². The number of hydrogen-bond donors (Lipinski definition) is 1. The minimum absolute atomic E-state index is 0.0502. The van der Waals surface area contributed by atoms with Gasteiger partial charge in [0.05, 0.1) is 6.10 Å². The third-order valence-electron chi connectivity index (χ3n) is 9.13. The van der Waals surface area contributed by atoms with Crippen molar-refractivity contribution in [2.24, 2.45) is 40.4 Å². The molecule has 0 amide bonds. The van der Waals surface area contributed by atoms with Gasteiger partial charge in [0, 0.05) is 11.3 Å². The van der Waals surface area contributed by atoms with Crippen LogP contribution in [0.3, 0.4) is 0 Å². The van der Waals surface area contributed by atoms with Crippen molar-refractivity contribution < 1.29 is 9.90 Å². The molecule has 0 radical (unpaired) electrons. The molecule has 0 aromatic rings. The Morgan fingerprint density at radius 2 is 1.91 bits per heavy atom. The summed E-state index contributed by atoms with van der Waals surface area (Å²) in [5.41, 5.74) is 0.698. The molecule has 0 aromatic carbocycles. The molecule has 0 heterocycles. The van der Waals surface area contributed by atoms with Gasteiger partial charge in [-0.25, -0.2) is 0 Å². The average Bonchev–Trinajstić information content (AvgIpc) is 3.06. The number of carbonyl (C=O) groups is 1. The van der Waals surface area contributed by atoms with E-state index in [9.17, 15) is 9.90 Å². The van der Waals surface area contributed by atoms with E-state index in [1.807, 2.05) is 6.08 Å². The molecule has 126 valence electrons. The molecule has 5 aliphatic carbocycles. The van der Waals surface area contributed by atoms with Crippen LogP contribution in [-0.4, -0.2) is 17.0 Å². The van der Waals surface area contributed by atoms with Crippen LogP contribution in [0.4, 0.5) is 0 Å². The smallest absolute Gasteiger partial charge is 0.159 e. The van der Waals surface area contributed by atoms with E-state index in [0.717, 1.165) is 42.9 Å². The number of fused-ring (bicyclic) bond motifs is 4. The first kappa shape index (κ1) is 14.7. The minimum Gasteiger partial charge on any atom is -0.393 e. The van der Waals surface area contributed by atoms with Crippen molar-refractivity contribution in [1.29, 1.82) is 0 Å². The molecule has 4 fully saturated rings. The van der Waals surface area contributed by atoms with Gasteiger partial charge in [-0.2, -0.15) is 0 Å². The van der Waals surface area contributed by atoms with E-state index in [1.54, 1.807) is 0 Å². The van der Waals surface area contributed by atoms with Gasteiger partial charge in [-0.15, -0.1) is 0 Å². The fourth-order valence-electron chi connectivity index (χ4n) is 8.05. The second kappa shape index (κ2) is 4.71. The number of rotatable bonds is 0. The molecule has 0 aliphatic heterocycles. The highest BCUT2D eigenvalue weighted by molar-refractivity contribution is 5.95. The van der Waals surface area contributed by atoms with Crippen LogP contribution in [-0.2, 0) is 4.79 Å². The van der Waals surface area contributed by atoms with Crippen molar-refractivity contribution in [2.75, 3.05) is 0 Å². The van der Waals surface area contributed by atoms with Crippen LogP contribution in [0.5, 0.6) is 0 Å². The quantitative estimate of drug-likeness (QED) is 0.730. The van der Waals surface area contributed by atoms with Crippen molar-refractivity contribution >= 4 is 5.78 Å². The van der Waals surface area contributed by atoms with Crippen LogP contribution in [0, 0.1) is 40.4 Å². The van der Waals surface area contributed by atoms with Gasteiger partial charge in [0.2, 0.25) is 0 Å². The van der Waals surface area contributed by atoms with Crippen LogP contribution < -0.4 is 0 Å². The predicted molar refractivity (Wildman–Crippen MR) is 89.7 cm³/mol. The van der Waals surface area contributed by atoms with Crippen molar-refractivity contribution in [3.8, 4) is 0 Å². The Kier molecular flexibility index (Phi) is 3.01. The summed E-state index contributed by atoms with van der Waals surface area (Å²) in [5.74, 6) is 3.92. The Morgan fingerprint density at radius 3 is 2.78 bits per heavy atom. The molecular formula is C21H30O2. The largest absolute Gasteiger partial charge is 0.393 e. The van der Waals surface area contributed by atoms with E-state index in [0.29, 0.717) is 17.1 Å². The molecular weight excluding hydrogens is 284 g/mol. The third kappa shape index (κ3) is 1.77. The summed E-state index contributed by atoms with van der Waals surface area (Å²) in [6.45, 7) is 2.54. The molecule has 8 atom stereocenters. The fourth-order valence-corrected chi connectivity index (χ4v) is 8.05. The Morgan fingerprint density at radius 1 is 1.04 bits per heavy atom. The van der Waals surface area contributed by atoms with Gasteiger partial charge in [0.1, 0.15) is 0 Å². The molecule has 5 rings (SSSR count). The van der Waals surface area contributed by atoms with Crippen LogP contribution in [0.15, 0.2) is 12.2 Å². The van der Waals surface area contributed by atoms with Crippen LogP contribution in [0.25, 0.3) is 0 Å². The highest BCUT2D eigenvalue weighted by atomic mass is 16.3. The van der Waals surface area contributed by atoms with Crippen LogP contribution >= 0.6 is 0 Å². The molecule has 5 aliphatic rings. The van der Waals surface area contributed by atoms with Gasteiger partial charge in [-0.05, 0) is 93.0 Å². The van der Waals surface area contributed by atoms with E-state index in [2.05, 4.69) is 13.0 Å². The summed E-state index contributed by atoms with van der Waals surface area (Å²) >= 11 is 0. The summed E-state index contributed by atoms with van der Waals surface area (Å²) < 4.78 is 0. The van der Waals surface area contributed by atoms with E-state index < -0.39 is 0 Å². The van der Waals surface area contributed by atoms with E-state index in [1.165, 1.54) is 38.5 Å². The summed E-state index contributed by atoms with van der Waals surface area (Å²) in [4.78, 5) is 12.3. The van der Waals surface area contributed by atoms with Gasteiger partial charge in [0.15, 0.2) is 5.78 Å². The predicted octanol–water partition coefficient (Wildman–Crippen LogP) is 4.13. The summed E-state index contributed by atoms with van der Waals surface area (Å²) in [5, 5.41) is 10.1. The average molecular weight is 314 g/mol. The number of carbonyl (C=O) groups excluding carboxylic acids is 1. The van der Waals surface area contributed by atoms with Crippen molar-refractivity contribution in [3.05, 3.63) is 12.2 Å². The lowest BCUT2D eigenvalue weighted by atomic mass is 9.44. The Hall–Kier alpha value is -0.630. The normalized spacial score (nSPS) is 57.6. The lowest BCUT2D eigenvalue weighted by Crippen LogP contribution is -2.54. The summed E-state index contributed by atoms with van der Waals surface area (Å²) in [6.07, 6.45) is 15.1. The second-order valence-electron chi connectivity index (χ2n) is 9.60. The number of hydrogen-bond acceptors (Lipinski definition) is 2. The van der Waals surface area contributed by atoms with Gasteiger partial charge in [-0.3, -0.25) is 4.79 Å². The van der Waals surface area contributed by atoms with Crippen molar-refractivity contribution in [3.63, 3.8) is 0 Å². The summed E-state index contributed by atoms with van der Waals surface area (Å²) in [7, 11) is 0. The highest BCUT2D eigenvalue weighted by Gasteiger charge is 2.63. The zero-order valence-corrected chi connectivity index (χ0v) is 14.3. The number of allylic oxidation sites excluding steroid dienone is 2. The van der Waals surface area contributed by atoms with Crippen molar-refractivity contribution in [1.82, 2.24) is 0 Å². The maximum atomic E-state index is 12.3. The topological polar surface area (TPSA) is 37.3 Å². The Labute approximate surface area is 139 Å². The first-order valence-corrected chi connectivity index (χ1v) is 9.96. The first-order valence-electron chi connectivity index (χ1n) is 9.96. The lowest BCUT2D eigenvalue weighted by Gasteiger charge is -2.60. The molecule has 0 bridgehead atoms. The maximum absolute atomic E-state index is 12.3. The van der Waals surface area contributed by atoms with Gasteiger partial charge in [0.25, 0.3) is 0 Å². The number of aliphatic hydroxyl groups excluding tert-OH is 1. The van der Waals surface area contributed by atoms with E-state index in [-0.39, 0.29) is 11.5 Å². The monoisotopic (exact) mass is 314 g/mol. The Bertz CT molecular complexity index is 566. The second-order valence-corrected chi connectivity index (χ2v) is 9.60. The molecule has 0 saturated heterocycles. The van der Waals surface area contributed by atoms with Crippen molar-refractivity contribution in [2.45, 2.75) is 70.8 Å². The first-order chi connectivity index (χ1) is 11.0. The standard InChI is InChI=1S/C21H30O2/c1-20-9-6-14(22)12-13(20)2-3-15-16(20)7-10-21-11-8-19(23)18(21)5-4-17(15)21/h8,11,13-18,22H,2-7,9-10,12H2,1H3/t13-,14+,15?,16?,17?,18+,20-,21+/m0/s1. The lowest BCUT2D eigenvalue weighted by molar-refractivity contribution is -0.129. The molecule has 3 unspecified atom stereocenters. The molecule has 1 N–H and O–H groups in total. The number of aliphatic hydroxyl groups is 1. The molecule has 1 spiro atoms. The maximum Gasteiger partial charge on any atom is 0.159 e. The Balaban J connectivity index is 1.48. The summed E-state index contributed by atoms with van der Waals surface area (Å²) in [6, 6.07) is 0.